The molecule has 0 aliphatic heterocycles. The van der Waals surface area contributed by atoms with Crippen LogP contribution in [0.1, 0.15) is 30.1 Å². The summed E-state index contributed by atoms with van der Waals surface area (Å²) in [7, 11) is 1.46. The highest BCUT2D eigenvalue weighted by atomic mass is 35.5. The van der Waals surface area contributed by atoms with E-state index < -0.39 is 23.4 Å². The monoisotopic (exact) mass is 284 g/mol. The molecule has 0 spiro atoms. The molecular weight excluding hydrogens is 268 g/mol. The van der Waals surface area contributed by atoms with Gasteiger partial charge in [-0.15, -0.1) is 0 Å². The second kappa shape index (κ2) is 7.92. The number of ether oxygens (including phenoxy) is 2. The molecule has 104 valence electrons. The van der Waals surface area contributed by atoms with E-state index in [1.54, 1.807) is 30.3 Å². The molecule has 0 saturated heterocycles. The molecule has 1 rings (SSSR count). The molecule has 0 amide bonds. The van der Waals surface area contributed by atoms with E-state index in [2.05, 4.69) is 0 Å². The van der Waals surface area contributed by atoms with Crippen molar-refractivity contribution in [3.63, 3.8) is 0 Å². The maximum absolute atomic E-state index is 11.9. The van der Waals surface area contributed by atoms with Crippen molar-refractivity contribution in [3.8, 4) is 0 Å². The van der Waals surface area contributed by atoms with E-state index in [1.807, 2.05) is 6.92 Å². The zero-order valence-electron chi connectivity index (χ0n) is 11.0. The van der Waals surface area contributed by atoms with Gasteiger partial charge in [-0.3, -0.25) is 4.79 Å². The van der Waals surface area contributed by atoms with Gasteiger partial charge >= 0.3 is 5.97 Å². The van der Waals surface area contributed by atoms with Crippen molar-refractivity contribution >= 4 is 22.8 Å². The molecule has 0 radical (unpaired) electrons. The minimum absolute atomic E-state index is 0.372. The van der Waals surface area contributed by atoms with Gasteiger partial charge in [0.1, 0.15) is 6.10 Å². The van der Waals surface area contributed by atoms with Crippen molar-refractivity contribution in [1.29, 1.82) is 0 Å². The molecule has 19 heavy (non-hydrogen) atoms. The van der Waals surface area contributed by atoms with Crippen LogP contribution in [0.15, 0.2) is 30.3 Å². The fraction of sp³-hybridized carbons (Fsp3) is 0.429. The van der Waals surface area contributed by atoms with Crippen LogP contribution < -0.4 is 0 Å². The summed E-state index contributed by atoms with van der Waals surface area (Å²) in [6.07, 6.45) is -0.231. The Labute approximate surface area is 117 Å². The third kappa shape index (κ3) is 4.65. The standard InChI is InChI=1S/C14H17ClO4/c1-3-7-11(18-2)12(13(15)16)19-14(17)10-8-5-4-6-9-10/h4-6,8-9,11-12H,3,7H2,1-2H3/t11-,12-/m0/s1. The van der Waals surface area contributed by atoms with Gasteiger partial charge in [0, 0.05) is 7.11 Å². The Kier molecular flexibility index (Phi) is 6.53. The summed E-state index contributed by atoms with van der Waals surface area (Å²) in [4.78, 5) is 23.3. The summed E-state index contributed by atoms with van der Waals surface area (Å²) >= 11 is 5.49. The van der Waals surface area contributed by atoms with Crippen molar-refractivity contribution in [3.05, 3.63) is 35.9 Å². The maximum atomic E-state index is 11.9. The van der Waals surface area contributed by atoms with Crippen molar-refractivity contribution in [2.75, 3.05) is 7.11 Å². The SMILES string of the molecule is CCC[C@H](OC)[C@H](OC(=O)c1ccccc1)C(=O)Cl. The number of carbonyl (C=O) groups is 2. The quantitative estimate of drug-likeness (QED) is 0.571. The minimum atomic E-state index is -1.08. The van der Waals surface area contributed by atoms with E-state index in [4.69, 9.17) is 21.1 Å². The molecule has 5 heteroatoms. The van der Waals surface area contributed by atoms with Crippen LogP contribution in [0.25, 0.3) is 0 Å². The predicted molar refractivity (Wildman–Crippen MR) is 72.2 cm³/mol. The first-order valence-corrected chi connectivity index (χ1v) is 6.46. The molecule has 0 aliphatic carbocycles. The lowest BCUT2D eigenvalue weighted by Crippen LogP contribution is -2.37. The van der Waals surface area contributed by atoms with E-state index >= 15 is 0 Å². The van der Waals surface area contributed by atoms with Crippen LogP contribution >= 0.6 is 11.6 Å². The van der Waals surface area contributed by atoms with E-state index in [1.165, 1.54) is 7.11 Å². The van der Waals surface area contributed by atoms with Gasteiger partial charge < -0.3 is 9.47 Å². The van der Waals surface area contributed by atoms with Gasteiger partial charge in [-0.25, -0.2) is 4.79 Å². The van der Waals surface area contributed by atoms with E-state index in [0.717, 1.165) is 6.42 Å². The summed E-state index contributed by atoms with van der Waals surface area (Å²) in [5, 5.41) is -0.732. The maximum Gasteiger partial charge on any atom is 0.338 e. The van der Waals surface area contributed by atoms with Gasteiger partial charge in [-0.2, -0.15) is 0 Å². The lowest BCUT2D eigenvalue weighted by Gasteiger charge is -2.22. The van der Waals surface area contributed by atoms with E-state index in [-0.39, 0.29) is 0 Å². The van der Waals surface area contributed by atoms with Gasteiger partial charge in [0.05, 0.1) is 5.56 Å². The second-order valence-corrected chi connectivity index (χ2v) is 4.43. The first-order valence-electron chi connectivity index (χ1n) is 6.08. The van der Waals surface area contributed by atoms with Crippen LogP contribution in [-0.2, 0) is 14.3 Å². The fourth-order valence-electron chi connectivity index (χ4n) is 1.70. The zero-order chi connectivity index (χ0) is 14.3. The smallest absolute Gasteiger partial charge is 0.338 e. The molecule has 0 N–H and O–H groups in total. The van der Waals surface area contributed by atoms with Crippen molar-refractivity contribution in [2.24, 2.45) is 0 Å². The largest absolute Gasteiger partial charge is 0.447 e. The van der Waals surface area contributed by atoms with Crippen LogP contribution in [0.3, 0.4) is 0 Å². The lowest BCUT2D eigenvalue weighted by molar-refractivity contribution is -0.127. The van der Waals surface area contributed by atoms with Gasteiger partial charge in [0.15, 0.2) is 0 Å². The second-order valence-electron chi connectivity index (χ2n) is 4.06. The number of carbonyl (C=O) groups excluding carboxylic acids is 2. The topological polar surface area (TPSA) is 52.6 Å². The molecule has 0 aliphatic rings. The fourth-order valence-corrected chi connectivity index (χ4v) is 1.89. The van der Waals surface area contributed by atoms with Crippen LogP contribution in [-0.4, -0.2) is 30.5 Å². The van der Waals surface area contributed by atoms with Crippen molar-refractivity contribution < 1.29 is 19.1 Å². The highest BCUT2D eigenvalue weighted by Gasteiger charge is 2.30. The molecule has 1 aromatic carbocycles. The number of methoxy groups -OCH3 is 1. The van der Waals surface area contributed by atoms with Crippen LogP contribution in [0.4, 0.5) is 0 Å². The molecule has 0 saturated carbocycles. The number of esters is 1. The summed E-state index contributed by atoms with van der Waals surface area (Å²) in [5.74, 6) is -0.585. The Balaban J connectivity index is 2.79. The van der Waals surface area contributed by atoms with Crippen molar-refractivity contribution in [2.45, 2.75) is 32.0 Å². The summed E-state index contributed by atoms with van der Waals surface area (Å²) in [5.41, 5.74) is 0.372. The minimum Gasteiger partial charge on any atom is -0.447 e. The number of rotatable bonds is 7. The highest BCUT2D eigenvalue weighted by molar-refractivity contribution is 6.64. The summed E-state index contributed by atoms with van der Waals surface area (Å²) < 4.78 is 10.3. The zero-order valence-corrected chi connectivity index (χ0v) is 11.7. The number of hydrogen-bond acceptors (Lipinski definition) is 4. The molecule has 1 aromatic rings. The average molecular weight is 285 g/mol. The molecular formula is C14H17ClO4. The average Bonchev–Trinajstić information content (AvgIpc) is 2.43. The Morgan fingerprint density at radius 3 is 2.37 bits per heavy atom. The molecule has 0 fully saturated rings. The van der Waals surface area contributed by atoms with E-state index in [9.17, 15) is 9.59 Å². The van der Waals surface area contributed by atoms with Crippen LogP contribution in [0.5, 0.6) is 0 Å². The molecule has 0 unspecified atom stereocenters. The van der Waals surface area contributed by atoms with Crippen LogP contribution in [0.2, 0.25) is 0 Å². The first-order chi connectivity index (χ1) is 9.10. The summed E-state index contributed by atoms with van der Waals surface area (Å²) in [6.45, 7) is 1.95. The number of halogens is 1. The Morgan fingerprint density at radius 2 is 1.89 bits per heavy atom. The van der Waals surface area contributed by atoms with E-state index in [0.29, 0.717) is 12.0 Å². The molecule has 2 atom stereocenters. The summed E-state index contributed by atoms with van der Waals surface area (Å²) in [6, 6.07) is 8.44. The number of hydrogen-bond donors (Lipinski definition) is 0. The first kappa shape index (κ1) is 15.7. The lowest BCUT2D eigenvalue weighted by atomic mass is 10.1. The highest BCUT2D eigenvalue weighted by Crippen LogP contribution is 2.15. The molecule has 0 heterocycles. The third-order valence-corrected chi connectivity index (χ3v) is 2.90. The van der Waals surface area contributed by atoms with Crippen molar-refractivity contribution in [1.82, 2.24) is 0 Å². The van der Waals surface area contributed by atoms with Gasteiger partial charge in [-0.1, -0.05) is 31.5 Å². The van der Waals surface area contributed by atoms with Gasteiger partial charge in [-0.05, 0) is 30.2 Å². The predicted octanol–water partition coefficient (Wildman–Crippen LogP) is 2.79. The Bertz CT molecular complexity index is 419. The Hall–Kier alpha value is -1.39. The van der Waals surface area contributed by atoms with Crippen LogP contribution in [0, 0.1) is 0 Å². The van der Waals surface area contributed by atoms with Gasteiger partial charge in [0.25, 0.3) is 5.24 Å². The number of benzene rings is 1. The molecule has 4 nitrogen and oxygen atoms in total. The molecule has 0 aromatic heterocycles. The van der Waals surface area contributed by atoms with Gasteiger partial charge in [0.2, 0.25) is 6.10 Å². The normalized spacial score (nSPS) is 13.6. The third-order valence-electron chi connectivity index (χ3n) is 2.68. The Morgan fingerprint density at radius 1 is 1.26 bits per heavy atom. The molecule has 0 bridgehead atoms.